The van der Waals surface area contributed by atoms with Crippen LogP contribution in [-0.2, 0) is 0 Å². The molecule has 4 nitrogen and oxygen atoms in total. The third kappa shape index (κ3) is 4.71. The van der Waals surface area contributed by atoms with E-state index in [1.807, 2.05) is 17.8 Å². The summed E-state index contributed by atoms with van der Waals surface area (Å²) in [6, 6.07) is 9.14. The van der Waals surface area contributed by atoms with Gasteiger partial charge in [0, 0.05) is 18.3 Å². The highest BCUT2D eigenvalue weighted by Crippen LogP contribution is 2.25. The molecule has 0 spiro atoms. The maximum absolute atomic E-state index is 9.87. The van der Waals surface area contributed by atoms with Crippen LogP contribution in [0.4, 0.5) is 0 Å². The Labute approximate surface area is 124 Å². The van der Waals surface area contributed by atoms with E-state index in [2.05, 4.69) is 11.4 Å². The van der Waals surface area contributed by atoms with Crippen LogP contribution in [0.1, 0.15) is 18.4 Å². The lowest BCUT2D eigenvalue weighted by atomic mass is 10.2. The van der Waals surface area contributed by atoms with Gasteiger partial charge in [0.2, 0.25) is 0 Å². The van der Waals surface area contributed by atoms with Gasteiger partial charge in [0.25, 0.3) is 0 Å². The minimum absolute atomic E-state index is 0.198. The molecular formula is C15H20N2O2S. The van der Waals surface area contributed by atoms with Gasteiger partial charge in [-0.2, -0.15) is 17.0 Å². The maximum Gasteiger partial charge on any atom is 0.137 e. The lowest BCUT2D eigenvalue weighted by Gasteiger charge is -2.15. The molecule has 0 amide bonds. The average Bonchev–Trinajstić information content (AvgIpc) is 2.98. The normalized spacial score (nSPS) is 19.5. The summed E-state index contributed by atoms with van der Waals surface area (Å²) in [4.78, 5) is 0. The van der Waals surface area contributed by atoms with Crippen LogP contribution in [0.3, 0.4) is 0 Å². The largest absolute Gasteiger partial charge is 0.489 e. The summed E-state index contributed by atoms with van der Waals surface area (Å²) in [7, 11) is 0. The Hall–Kier alpha value is -1.22. The average molecular weight is 292 g/mol. The first kappa shape index (κ1) is 15.2. The van der Waals surface area contributed by atoms with Crippen LogP contribution in [0, 0.1) is 11.3 Å². The van der Waals surface area contributed by atoms with Crippen molar-refractivity contribution >= 4 is 11.8 Å². The van der Waals surface area contributed by atoms with E-state index in [0.717, 1.165) is 6.54 Å². The minimum Gasteiger partial charge on any atom is -0.489 e. The molecule has 0 bridgehead atoms. The van der Waals surface area contributed by atoms with E-state index in [1.165, 1.54) is 18.6 Å². The number of thioether (sulfide) groups is 1. The first-order valence-corrected chi connectivity index (χ1v) is 7.97. The highest BCUT2D eigenvalue weighted by molar-refractivity contribution is 8.00. The quantitative estimate of drug-likeness (QED) is 0.802. The molecule has 2 N–H and O–H groups in total. The van der Waals surface area contributed by atoms with Crippen LogP contribution >= 0.6 is 11.8 Å². The second-order valence-electron chi connectivity index (χ2n) is 4.87. The molecule has 0 saturated carbocycles. The molecule has 0 radical (unpaired) electrons. The van der Waals surface area contributed by atoms with Gasteiger partial charge in [-0.1, -0.05) is 12.1 Å². The predicted octanol–water partition coefficient (Wildman–Crippen LogP) is 1.78. The number of nitrogens with one attached hydrogen (secondary N) is 1. The number of rotatable bonds is 7. The van der Waals surface area contributed by atoms with Crippen LogP contribution in [0.25, 0.3) is 0 Å². The smallest absolute Gasteiger partial charge is 0.137 e. The fourth-order valence-electron chi connectivity index (χ4n) is 2.15. The Morgan fingerprint density at radius 1 is 1.50 bits per heavy atom. The molecule has 1 aliphatic rings. The zero-order valence-corrected chi connectivity index (χ0v) is 12.2. The van der Waals surface area contributed by atoms with Crippen molar-refractivity contribution in [3.8, 4) is 11.8 Å². The molecule has 1 fully saturated rings. The Kier molecular flexibility index (Phi) is 6.19. The Morgan fingerprint density at radius 3 is 3.10 bits per heavy atom. The highest BCUT2D eigenvalue weighted by atomic mass is 32.2. The maximum atomic E-state index is 9.87. The fourth-order valence-corrected chi connectivity index (χ4v) is 3.38. The number of benzene rings is 1. The molecule has 1 aromatic carbocycles. The van der Waals surface area contributed by atoms with E-state index in [4.69, 9.17) is 10.00 Å². The number of hydrogen-bond donors (Lipinski definition) is 2. The van der Waals surface area contributed by atoms with Crippen LogP contribution in [0.15, 0.2) is 24.3 Å². The van der Waals surface area contributed by atoms with E-state index >= 15 is 0 Å². The number of ether oxygens (including phenoxy) is 1. The van der Waals surface area contributed by atoms with E-state index < -0.39 is 6.10 Å². The topological polar surface area (TPSA) is 65.3 Å². The summed E-state index contributed by atoms with van der Waals surface area (Å²) in [6.07, 6.45) is 2.00. The molecule has 1 saturated heterocycles. The van der Waals surface area contributed by atoms with Crippen molar-refractivity contribution in [3.05, 3.63) is 29.8 Å². The van der Waals surface area contributed by atoms with Gasteiger partial charge < -0.3 is 15.2 Å². The Morgan fingerprint density at radius 2 is 2.35 bits per heavy atom. The van der Waals surface area contributed by atoms with E-state index in [9.17, 15) is 5.11 Å². The van der Waals surface area contributed by atoms with Crippen molar-refractivity contribution in [3.63, 3.8) is 0 Å². The zero-order valence-electron chi connectivity index (χ0n) is 11.4. The lowest BCUT2D eigenvalue weighted by Crippen LogP contribution is -2.34. The molecule has 1 heterocycles. The van der Waals surface area contributed by atoms with Crippen LogP contribution in [0.2, 0.25) is 0 Å². The van der Waals surface area contributed by atoms with Gasteiger partial charge in [-0.3, -0.25) is 0 Å². The second-order valence-corrected chi connectivity index (χ2v) is 6.27. The number of hydrogen-bond acceptors (Lipinski definition) is 5. The molecule has 0 aromatic heterocycles. The van der Waals surface area contributed by atoms with Gasteiger partial charge in [0.1, 0.15) is 24.5 Å². The number of aliphatic hydroxyl groups is 1. The number of nitrogens with zero attached hydrogens (tertiary/aromatic N) is 1. The van der Waals surface area contributed by atoms with Crippen molar-refractivity contribution < 1.29 is 9.84 Å². The van der Waals surface area contributed by atoms with E-state index in [1.54, 1.807) is 18.2 Å². The van der Waals surface area contributed by atoms with Crippen LogP contribution in [-0.4, -0.2) is 41.9 Å². The molecule has 5 heteroatoms. The Bertz CT molecular complexity index is 455. The van der Waals surface area contributed by atoms with Crippen molar-refractivity contribution in [1.82, 2.24) is 5.32 Å². The summed E-state index contributed by atoms with van der Waals surface area (Å²) >= 11 is 2.00. The molecule has 2 unspecified atom stereocenters. The van der Waals surface area contributed by atoms with E-state index in [0.29, 0.717) is 23.1 Å². The third-order valence-corrected chi connectivity index (χ3v) is 4.61. The van der Waals surface area contributed by atoms with Gasteiger partial charge >= 0.3 is 0 Å². The minimum atomic E-state index is -0.562. The van der Waals surface area contributed by atoms with Crippen molar-refractivity contribution in [2.45, 2.75) is 24.2 Å². The Balaban J connectivity index is 1.66. The van der Waals surface area contributed by atoms with Crippen LogP contribution < -0.4 is 10.1 Å². The van der Waals surface area contributed by atoms with Crippen molar-refractivity contribution in [2.75, 3.05) is 25.4 Å². The summed E-state index contributed by atoms with van der Waals surface area (Å²) in [5.41, 5.74) is 0.495. The van der Waals surface area contributed by atoms with E-state index in [-0.39, 0.29) is 6.61 Å². The van der Waals surface area contributed by atoms with Crippen molar-refractivity contribution in [1.29, 1.82) is 5.26 Å². The summed E-state index contributed by atoms with van der Waals surface area (Å²) in [5.74, 6) is 1.78. The van der Waals surface area contributed by atoms with Gasteiger partial charge in [-0.05, 0) is 30.7 Å². The molecular weight excluding hydrogens is 272 g/mol. The molecule has 20 heavy (non-hydrogen) atoms. The fraction of sp³-hybridized carbons (Fsp3) is 0.533. The highest BCUT2D eigenvalue weighted by Gasteiger charge is 2.15. The number of para-hydroxylation sites is 1. The van der Waals surface area contributed by atoms with Gasteiger partial charge in [0.05, 0.1) is 5.56 Å². The molecule has 1 aromatic rings. The molecule has 108 valence electrons. The number of aliphatic hydroxyl groups excluding tert-OH is 1. The standard InChI is InChI=1S/C15H20N2O2S/c16-8-12-4-1-2-6-15(12)19-11-13(18)9-17-10-14-5-3-7-20-14/h1-2,4,6,13-14,17-18H,3,5,7,9-11H2. The number of nitriles is 1. The molecule has 2 atom stereocenters. The third-order valence-electron chi connectivity index (χ3n) is 3.21. The summed E-state index contributed by atoms with van der Waals surface area (Å²) < 4.78 is 5.49. The van der Waals surface area contributed by atoms with Gasteiger partial charge in [-0.15, -0.1) is 0 Å². The summed E-state index contributed by atoms with van der Waals surface area (Å²) in [6.45, 7) is 1.66. The lowest BCUT2D eigenvalue weighted by molar-refractivity contribution is 0.106. The van der Waals surface area contributed by atoms with Gasteiger partial charge in [0.15, 0.2) is 0 Å². The summed E-state index contributed by atoms with van der Waals surface area (Å²) in [5, 5.41) is 22.8. The second kappa shape index (κ2) is 8.15. The first-order valence-electron chi connectivity index (χ1n) is 6.92. The SMILES string of the molecule is N#Cc1ccccc1OCC(O)CNCC1CCCS1. The molecule has 1 aliphatic heterocycles. The van der Waals surface area contributed by atoms with Crippen molar-refractivity contribution in [2.24, 2.45) is 0 Å². The first-order chi connectivity index (χ1) is 9.79. The monoisotopic (exact) mass is 292 g/mol. The van der Waals surface area contributed by atoms with Gasteiger partial charge in [-0.25, -0.2) is 0 Å². The van der Waals surface area contributed by atoms with Crippen LogP contribution in [0.5, 0.6) is 5.75 Å². The zero-order chi connectivity index (χ0) is 14.2. The molecule has 0 aliphatic carbocycles. The molecule has 2 rings (SSSR count). The predicted molar refractivity (Wildman–Crippen MR) is 81.0 cm³/mol.